The van der Waals surface area contributed by atoms with Gasteiger partial charge in [-0.25, -0.2) is 4.79 Å². The molecule has 0 atom stereocenters. The predicted octanol–water partition coefficient (Wildman–Crippen LogP) is 2.58. The SMILES string of the molecule is CCOC(=O)c1ccccc1NC(=O)CN(C(C)=O)c1ccc2c(c1)OCO2. The van der Waals surface area contributed by atoms with Crippen molar-refractivity contribution < 1.29 is 28.6 Å². The summed E-state index contributed by atoms with van der Waals surface area (Å²) < 4.78 is 15.6. The molecule has 1 N–H and O–H groups in total. The van der Waals surface area contributed by atoms with Crippen molar-refractivity contribution in [3.05, 3.63) is 48.0 Å². The van der Waals surface area contributed by atoms with Gasteiger partial charge in [0.1, 0.15) is 6.54 Å². The number of rotatable bonds is 6. The van der Waals surface area contributed by atoms with E-state index >= 15 is 0 Å². The molecule has 8 nitrogen and oxygen atoms in total. The van der Waals surface area contributed by atoms with E-state index in [0.717, 1.165) is 0 Å². The van der Waals surface area contributed by atoms with Crippen molar-refractivity contribution in [3.8, 4) is 11.5 Å². The number of anilines is 2. The molecule has 1 heterocycles. The van der Waals surface area contributed by atoms with Gasteiger partial charge in [0.2, 0.25) is 18.6 Å². The number of benzene rings is 2. The molecule has 0 radical (unpaired) electrons. The molecule has 0 bridgehead atoms. The van der Waals surface area contributed by atoms with Crippen LogP contribution in [0.5, 0.6) is 11.5 Å². The number of esters is 1. The Balaban J connectivity index is 1.76. The maximum atomic E-state index is 12.6. The first-order valence-corrected chi connectivity index (χ1v) is 8.73. The van der Waals surface area contributed by atoms with Crippen LogP contribution < -0.4 is 19.7 Å². The highest BCUT2D eigenvalue weighted by molar-refractivity contribution is 6.05. The Morgan fingerprint density at radius 2 is 1.86 bits per heavy atom. The van der Waals surface area contributed by atoms with Gasteiger partial charge in [0.25, 0.3) is 0 Å². The van der Waals surface area contributed by atoms with Crippen LogP contribution in [0, 0.1) is 0 Å². The average Bonchev–Trinajstić information content (AvgIpc) is 3.14. The fraction of sp³-hybridized carbons (Fsp3) is 0.250. The van der Waals surface area contributed by atoms with Gasteiger partial charge >= 0.3 is 5.97 Å². The van der Waals surface area contributed by atoms with Gasteiger partial charge in [0, 0.05) is 18.7 Å². The lowest BCUT2D eigenvalue weighted by molar-refractivity contribution is -0.120. The first-order chi connectivity index (χ1) is 13.5. The van der Waals surface area contributed by atoms with Crippen LogP contribution in [0.25, 0.3) is 0 Å². The topological polar surface area (TPSA) is 94.2 Å². The van der Waals surface area contributed by atoms with Crippen LogP contribution >= 0.6 is 0 Å². The van der Waals surface area contributed by atoms with Crippen LogP contribution in [0.3, 0.4) is 0 Å². The van der Waals surface area contributed by atoms with Gasteiger partial charge in [-0.2, -0.15) is 0 Å². The zero-order chi connectivity index (χ0) is 20.1. The molecule has 0 spiro atoms. The van der Waals surface area contributed by atoms with Crippen molar-refractivity contribution in [3.63, 3.8) is 0 Å². The molecule has 2 aromatic carbocycles. The summed E-state index contributed by atoms with van der Waals surface area (Å²) in [5.74, 6) is -0.202. The van der Waals surface area contributed by atoms with Crippen molar-refractivity contribution in [1.29, 1.82) is 0 Å². The highest BCUT2D eigenvalue weighted by atomic mass is 16.7. The summed E-state index contributed by atoms with van der Waals surface area (Å²) >= 11 is 0. The summed E-state index contributed by atoms with van der Waals surface area (Å²) in [7, 11) is 0. The Bertz CT molecular complexity index is 911. The van der Waals surface area contributed by atoms with E-state index in [2.05, 4.69) is 5.32 Å². The quantitative estimate of drug-likeness (QED) is 0.770. The molecule has 2 aromatic rings. The molecule has 146 valence electrons. The van der Waals surface area contributed by atoms with E-state index in [1.165, 1.54) is 11.8 Å². The fourth-order valence-corrected chi connectivity index (χ4v) is 2.75. The minimum absolute atomic E-state index is 0.115. The first-order valence-electron chi connectivity index (χ1n) is 8.73. The third-order valence-corrected chi connectivity index (χ3v) is 4.05. The van der Waals surface area contributed by atoms with Crippen LogP contribution in [0.15, 0.2) is 42.5 Å². The van der Waals surface area contributed by atoms with E-state index in [-0.39, 0.29) is 31.4 Å². The minimum atomic E-state index is -0.530. The third-order valence-electron chi connectivity index (χ3n) is 4.05. The second-order valence-electron chi connectivity index (χ2n) is 5.96. The summed E-state index contributed by atoms with van der Waals surface area (Å²) in [6.07, 6.45) is 0. The van der Waals surface area contributed by atoms with Crippen LogP contribution in [0.2, 0.25) is 0 Å². The molecule has 0 fully saturated rings. The monoisotopic (exact) mass is 384 g/mol. The number of hydrogen-bond donors (Lipinski definition) is 1. The zero-order valence-electron chi connectivity index (χ0n) is 15.6. The number of nitrogens with zero attached hydrogens (tertiary/aromatic N) is 1. The number of carbonyl (C=O) groups excluding carboxylic acids is 3. The van der Waals surface area contributed by atoms with Crippen molar-refractivity contribution in [2.45, 2.75) is 13.8 Å². The predicted molar refractivity (Wildman–Crippen MR) is 102 cm³/mol. The lowest BCUT2D eigenvalue weighted by atomic mass is 10.1. The van der Waals surface area contributed by atoms with Gasteiger partial charge in [0.15, 0.2) is 11.5 Å². The number of fused-ring (bicyclic) bond motifs is 1. The molecule has 0 unspecified atom stereocenters. The van der Waals surface area contributed by atoms with E-state index in [1.54, 1.807) is 49.4 Å². The molecular weight excluding hydrogens is 364 g/mol. The third kappa shape index (κ3) is 4.22. The summed E-state index contributed by atoms with van der Waals surface area (Å²) in [6, 6.07) is 11.5. The van der Waals surface area contributed by atoms with Gasteiger partial charge in [-0.05, 0) is 31.2 Å². The maximum absolute atomic E-state index is 12.6. The van der Waals surface area contributed by atoms with Crippen LogP contribution in [0.4, 0.5) is 11.4 Å². The van der Waals surface area contributed by atoms with Crippen molar-refractivity contribution in [1.82, 2.24) is 0 Å². The molecule has 0 saturated carbocycles. The fourth-order valence-electron chi connectivity index (χ4n) is 2.75. The molecular formula is C20H20N2O6. The summed E-state index contributed by atoms with van der Waals surface area (Å²) in [6.45, 7) is 3.18. The number of ether oxygens (including phenoxy) is 3. The van der Waals surface area contributed by atoms with Gasteiger partial charge < -0.3 is 24.4 Å². The second kappa shape index (κ2) is 8.43. The lowest BCUT2D eigenvalue weighted by Gasteiger charge is -2.21. The number of hydrogen-bond acceptors (Lipinski definition) is 6. The van der Waals surface area contributed by atoms with Crippen molar-refractivity contribution in [2.75, 3.05) is 30.2 Å². The molecule has 0 saturated heterocycles. The zero-order valence-corrected chi connectivity index (χ0v) is 15.6. The first kappa shape index (κ1) is 19.2. The van der Waals surface area contributed by atoms with Gasteiger partial charge in [-0.15, -0.1) is 0 Å². The second-order valence-corrected chi connectivity index (χ2v) is 5.96. The van der Waals surface area contributed by atoms with E-state index in [9.17, 15) is 14.4 Å². The van der Waals surface area contributed by atoms with E-state index in [1.807, 2.05) is 0 Å². The molecule has 2 amide bonds. The summed E-state index contributed by atoms with van der Waals surface area (Å²) in [5.41, 5.74) is 1.07. The molecule has 0 aromatic heterocycles. The van der Waals surface area contributed by atoms with Gasteiger partial charge in [-0.3, -0.25) is 9.59 Å². The Hall–Kier alpha value is -3.55. The van der Waals surface area contributed by atoms with Gasteiger partial charge in [-0.1, -0.05) is 12.1 Å². The molecule has 0 aliphatic carbocycles. The van der Waals surface area contributed by atoms with Gasteiger partial charge in [0.05, 0.1) is 17.9 Å². The van der Waals surface area contributed by atoms with E-state index in [4.69, 9.17) is 14.2 Å². The largest absolute Gasteiger partial charge is 0.462 e. The van der Waals surface area contributed by atoms with Crippen LogP contribution in [-0.2, 0) is 14.3 Å². The van der Waals surface area contributed by atoms with Crippen LogP contribution in [-0.4, -0.2) is 37.7 Å². The minimum Gasteiger partial charge on any atom is -0.462 e. The van der Waals surface area contributed by atoms with Crippen molar-refractivity contribution in [2.24, 2.45) is 0 Å². The molecule has 28 heavy (non-hydrogen) atoms. The maximum Gasteiger partial charge on any atom is 0.340 e. The Labute approximate surface area is 162 Å². The Morgan fingerprint density at radius 3 is 2.61 bits per heavy atom. The highest BCUT2D eigenvalue weighted by Crippen LogP contribution is 2.35. The number of para-hydroxylation sites is 1. The average molecular weight is 384 g/mol. The Morgan fingerprint density at radius 1 is 1.11 bits per heavy atom. The van der Waals surface area contributed by atoms with Crippen LogP contribution in [0.1, 0.15) is 24.2 Å². The number of amides is 2. The molecule has 1 aliphatic heterocycles. The Kier molecular flexibility index (Phi) is 5.78. The molecule has 3 rings (SSSR count). The number of nitrogens with one attached hydrogen (secondary N) is 1. The standard InChI is InChI=1S/C20H20N2O6/c1-3-26-20(25)15-6-4-5-7-16(15)21-19(24)11-22(13(2)23)14-8-9-17-18(10-14)28-12-27-17/h4-10H,3,11-12H2,1-2H3,(H,21,24). The van der Waals surface area contributed by atoms with E-state index < -0.39 is 11.9 Å². The molecule has 8 heteroatoms. The lowest BCUT2D eigenvalue weighted by Crippen LogP contribution is -2.36. The molecule has 1 aliphatic rings. The van der Waals surface area contributed by atoms with E-state index in [0.29, 0.717) is 22.9 Å². The highest BCUT2D eigenvalue weighted by Gasteiger charge is 2.21. The summed E-state index contributed by atoms with van der Waals surface area (Å²) in [4.78, 5) is 38.0. The van der Waals surface area contributed by atoms with Crippen molar-refractivity contribution >= 4 is 29.2 Å². The normalized spacial score (nSPS) is 11.6. The smallest absolute Gasteiger partial charge is 0.340 e. The summed E-state index contributed by atoms with van der Waals surface area (Å²) in [5, 5.41) is 2.67. The number of carbonyl (C=O) groups is 3.